The van der Waals surface area contributed by atoms with E-state index in [-0.39, 0.29) is 0 Å². The zero-order valence-corrected chi connectivity index (χ0v) is 29.7. The van der Waals surface area contributed by atoms with E-state index in [0.717, 1.165) is 22.7 Å². The van der Waals surface area contributed by atoms with Crippen molar-refractivity contribution in [2.45, 2.75) is 0 Å². The number of rotatable bonds is 7. The summed E-state index contributed by atoms with van der Waals surface area (Å²) in [6.07, 6.45) is 0. The van der Waals surface area contributed by atoms with Crippen molar-refractivity contribution >= 4 is 49.6 Å². The summed E-state index contributed by atoms with van der Waals surface area (Å²) < 4.78 is 2.38. The second-order valence-corrected chi connectivity index (χ2v) is 13.8. The number of nitrogens with zero attached hydrogens (tertiary/aromatic N) is 2. The molecule has 0 atom stereocenters. The molecule has 0 bridgehead atoms. The summed E-state index contributed by atoms with van der Waals surface area (Å²) in [5.41, 5.74) is 14.1. The molecular formula is C52H36N2. The number of anilines is 3. The van der Waals surface area contributed by atoms with Crippen LogP contribution in [0.15, 0.2) is 218 Å². The highest BCUT2D eigenvalue weighted by atomic mass is 15.1. The Balaban J connectivity index is 1.10. The average molecular weight is 689 g/mol. The van der Waals surface area contributed by atoms with Crippen molar-refractivity contribution in [3.8, 4) is 39.1 Å². The van der Waals surface area contributed by atoms with Gasteiger partial charge in [0.2, 0.25) is 0 Å². The van der Waals surface area contributed by atoms with E-state index in [1.807, 2.05) is 0 Å². The van der Waals surface area contributed by atoms with Crippen molar-refractivity contribution < 1.29 is 0 Å². The highest BCUT2D eigenvalue weighted by Crippen LogP contribution is 2.42. The van der Waals surface area contributed by atoms with Crippen LogP contribution in [-0.2, 0) is 0 Å². The van der Waals surface area contributed by atoms with E-state index in [0.29, 0.717) is 0 Å². The standard InChI is InChI=1S/C52H36N2/c1-3-15-37(16-4-1)38-31-33-44(34-32-38)53(49-29-13-18-39-17-7-8-25-46(39)49)45-24-12-20-41(36-45)40-19-11-21-42(35-40)47-27-14-30-51-52(47)48-26-9-10-28-50(48)54(51)43-22-5-2-6-23-43/h1-36H. The molecule has 54 heavy (non-hydrogen) atoms. The third-order valence-electron chi connectivity index (χ3n) is 10.6. The van der Waals surface area contributed by atoms with Gasteiger partial charge in [0.25, 0.3) is 0 Å². The predicted molar refractivity (Wildman–Crippen MR) is 229 cm³/mol. The molecule has 0 saturated heterocycles. The maximum absolute atomic E-state index is 2.39. The van der Waals surface area contributed by atoms with Crippen molar-refractivity contribution in [3.63, 3.8) is 0 Å². The topological polar surface area (TPSA) is 8.17 Å². The number of hydrogen-bond acceptors (Lipinski definition) is 1. The SMILES string of the molecule is c1ccc(-c2ccc(N(c3cccc(-c4cccc(-c5cccc6c5c5ccccc5n6-c5ccccc5)c4)c3)c3cccc4ccccc34)cc2)cc1. The quantitative estimate of drug-likeness (QED) is 0.162. The third kappa shape index (κ3) is 5.53. The third-order valence-corrected chi connectivity index (χ3v) is 10.6. The van der Waals surface area contributed by atoms with Crippen molar-refractivity contribution in [2.75, 3.05) is 4.90 Å². The molecule has 0 aliphatic heterocycles. The molecule has 254 valence electrons. The van der Waals surface area contributed by atoms with Crippen molar-refractivity contribution in [1.82, 2.24) is 4.57 Å². The van der Waals surface area contributed by atoms with Gasteiger partial charge in [-0.25, -0.2) is 0 Å². The summed E-state index contributed by atoms with van der Waals surface area (Å²) >= 11 is 0. The number of hydrogen-bond donors (Lipinski definition) is 0. The molecule has 1 heterocycles. The smallest absolute Gasteiger partial charge is 0.0547 e. The van der Waals surface area contributed by atoms with Crippen LogP contribution in [0.4, 0.5) is 17.1 Å². The van der Waals surface area contributed by atoms with Crippen LogP contribution in [0.1, 0.15) is 0 Å². The zero-order chi connectivity index (χ0) is 35.8. The first kappa shape index (κ1) is 31.6. The summed E-state index contributed by atoms with van der Waals surface area (Å²) in [7, 11) is 0. The first-order valence-electron chi connectivity index (χ1n) is 18.5. The Morgan fingerprint density at radius 1 is 0.333 bits per heavy atom. The minimum absolute atomic E-state index is 1.11. The second kappa shape index (κ2) is 13.4. The Labute approximate surface area is 315 Å². The van der Waals surface area contributed by atoms with E-state index in [1.165, 1.54) is 66.0 Å². The van der Waals surface area contributed by atoms with Gasteiger partial charge in [-0.1, -0.05) is 158 Å². The molecule has 0 fully saturated rings. The maximum atomic E-state index is 2.39. The predicted octanol–water partition coefficient (Wildman–Crippen LogP) is 14.4. The Kier molecular flexibility index (Phi) is 7.85. The Hall–Kier alpha value is -7.16. The fourth-order valence-corrected chi connectivity index (χ4v) is 8.07. The van der Waals surface area contributed by atoms with E-state index in [1.54, 1.807) is 0 Å². The normalized spacial score (nSPS) is 11.3. The van der Waals surface area contributed by atoms with Gasteiger partial charge in [0.05, 0.1) is 16.7 Å². The van der Waals surface area contributed by atoms with Crippen LogP contribution in [0.25, 0.3) is 71.6 Å². The molecule has 0 saturated carbocycles. The van der Waals surface area contributed by atoms with Crippen LogP contribution in [0.5, 0.6) is 0 Å². The summed E-state index contributed by atoms with van der Waals surface area (Å²) in [5.74, 6) is 0. The van der Waals surface area contributed by atoms with Gasteiger partial charge < -0.3 is 9.47 Å². The first-order chi connectivity index (χ1) is 26.8. The molecule has 0 unspecified atom stereocenters. The molecule has 0 N–H and O–H groups in total. The van der Waals surface area contributed by atoms with Gasteiger partial charge in [0.1, 0.15) is 0 Å². The summed E-state index contributed by atoms with van der Waals surface area (Å²) in [6.45, 7) is 0. The van der Waals surface area contributed by atoms with Gasteiger partial charge in [-0.2, -0.15) is 0 Å². The molecule has 10 aromatic rings. The number of fused-ring (bicyclic) bond motifs is 4. The lowest BCUT2D eigenvalue weighted by Crippen LogP contribution is -2.10. The van der Waals surface area contributed by atoms with Crippen LogP contribution in [-0.4, -0.2) is 4.57 Å². The lowest BCUT2D eigenvalue weighted by atomic mass is 9.95. The van der Waals surface area contributed by atoms with Gasteiger partial charge in [-0.05, 0) is 99.4 Å². The van der Waals surface area contributed by atoms with Crippen LogP contribution < -0.4 is 4.90 Å². The molecule has 0 amide bonds. The number of aromatic nitrogens is 1. The van der Waals surface area contributed by atoms with Gasteiger partial charge >= 0.3 is 0 Å². The fraction of sp³-hybridized carbons (Fsp3) is 0. The number of benzene rings is 9. The molecule has 0 aliphatic rings. The number of para-hydroxylation sites is 2. The van der Waals surface area contributed by atoms with Crippen molar-refractivity contribution in [2.24, 2.45) is 0 Å². The van der Waals surface area contributed by atoms with Gasteiger partial charge in [-0.15, -0.1) is 0 Å². The summed E-state index contributed by atoms with van der Waals surface area (Å²) in [4.78, 5) is 2.39. The summed E-state index contributed by atoms with van der Waals surface area (Å²) in [5, 5.41) is 4.95. The van der Waals surface area contributed by atoms with Gasteiger partial charge in [-0.3, -0.25) is 0 Å². The highest BCUT2D eigenvalue weighted by Gasteiger charge is 2.18. The minimum atomic E-state index is 1.11. The second-order valence-electron chi connectivity index (χ2n) is 13.8. The van der Waals surface area contributed by atoms with Crippen LogP contribution in [0, 0.1) is 0 Å². The van der Waals surface area contributed by atoms with E-state index in [4.69, 9.17) is 0 Å². The van der Waals surface area contributed by atoms with Crippen LogP contribution >= 0.6 is 0 Å². The molecule has 0 spiro atoms. The van der Waals surface area contributed by atoms with Gasteiger partial charge in [0.15, 0.2) is 0 Å². The largest absolute Gasteiger partial charge is 0.310 e. The van der Waals surface area contributed by atoms with E-state index in [9.17, 15) is 0 Å². The van der Waals surface area contributed by atoms with E-state index < -0.39 is 0 Å². The minimum Gasteiger partial charge on any atom is -0.310 e. The highest BCUT2D eigenvalue weighted by molar-refractivity contribution is 6.16. The molecule has 2 nitrogen and oxygen atoms in total. The van der Waals surface area contributed by atoms with E-state index in [2.05, 4.69) is 228 Å². The van der Waals surface area contributed by atoms with Gasteiger partial charge in [0, 0.05) is 33.2 Å². The molecular weight excluding hydrogens is 653 g/mol. The van der Waals surface area contributed by atoms with E-state index >= 15 is 0 Å². The molecule has 0 radical (unpaired) electrons. The fourth-order valence-electron chi connectivity index (χ4n) is 8.07. The monoisotopic (exact) mass is 688 g/mol. The molecule has 9 aromatic carbocycles. The van der Waals surface area contributed by atoms with Crippen molar-refractivity contribution in [3.05, 3.63) is 218 Å². The van der Waals surface area contributed by atoms with Crippen LogP contribution in [0.3, 0.4) is 0 Å². The zero-order valence-electron chi connectivity index (χ0n) is 29.7. The lowest BCUT2D eigenvalue weighted by molar-refractivity contribution is 1.18. The average Bonchev–Trinajstić information content (AvgIpc) is 3.60. The Morgan fingerprint density at radius 3 is 1.74 bits per heavy atom. The molecule has 10 rings (SSSR count). The van der Waals surface area contributed by atoms with Crippen molar-refractivity contribution in [1.29, 1.82) is 0 Å². The first-order valence-corrected chi connectivity index (χ1v) is 18.5. The molecule has 0 aliphatic carbocycles. The maximum Gasteiger partial charge on any atom is 0.0547 e. The Morgan fingerprint density at radius 2 is 0.907 bits per heavy atom. The molecule has 2 heteroatoms. The Bertz CT molecular complexity index is 2920. The van der Waals surface area contributed by atoms with Crippen LogP contribution in [0.2, 0.25) is 0 Å². The summed E-state index contributed by atoms with van der Waals surface area (Å²) in [6, 6.07) is 78.8. The molecule has 1 aromatic heterocycles. The lowest BCUT2D eigenvalue weighted by Gasteiger charge is -2.27.